The minimum atomic E-state index is 0.235. The molecule has 0 spiro atoms. The number of nitrogens with zero attached hydrogens (tertiary/aromatic N) is 4. The fourth-order valence-electron chi connectivity index (χ4n) is 3.18. The molecule has 3 rings (SSSR count). The van der Waals surface area contributed by atoms with E-state index >= 15 is 0 Å². The van der Waals surface area contributed by atoms with Gasteiger partial charge in [-0.05, 0) is 37.5 Å². The van der Waals surface area contributed by atoms with Crippen LogP contribution in [0.4, 0.5) is 5.82 Å². The zero-order valence-corrected chi connectivity index (χ0v) is 12.3. The summed E-state index contributed by atoms with van der Waals surface area (Å²) in [6.45, 7) is 5.32. The molecule has 0 bridgehead atoms. The van der Waals surface area contributed by atoms with Gasteiger partial charge in [0.25, 0.3) is 0 Å². The van der Waals surface area contributed by atoms with Crippen LogP contribution in [-0.4, -0.2) is 22.6 Å². The molecule has 1 aliphatic rings. The van der Waals surface area contributed by atoms with Gasteiger partial charge in [0, 0.05) is 24.7 Å². The summed E-state index contributed by atoms with van der Waals surface area (Å²) in [6.07, 6.45) is 2.77. The normalized spacial score (nSPS) is 21.3. The molecule has 0 radical (unpaired) electrons. The van der Waals surface area contributed by atoms with Crippen LogP contribution < -0.4 is 4.90 Å². The number of rotatable bonds is 2. The average molecular weight is 278 g/mol. The molecule has 2 heterocycles. The maximum Gasteiger partial charge on any atom is 0.234 e. The van der Waals surface area contributed by atoms with E-state index in [-0.39, 0.29) is 5.82 Å². The standard InChI is InChI=1S/C17H18N4/c1-12-5-3-4-6-15(12)14-9-13(2)21(11-14)17-7-8-19-16(10-18)20-17/h3-8,13-14H,9,11H2,1-2H3. The van der Waals surface area contributed by atoms with Gasteiger partial charge in [-0.25, -0.2) is 9.97 Å². The highest BCUT2D eigenvalue weighted by molar-refractivity contribution is 5.44. The molecule has 4 heteroatoms. The van der Waals surface area contributed by atoms with Gasteiger partial charge < -0.3 is 4.90 Å². The van der Waals surface area contributed by atoms with Crippen LogP contribution in [0.1, 0.15) is 36.2 Å². The summed E-state index contributed by atoms with van der Waals surface area (Å²) in [6, 6.07) is 12.9. The number of aryl methyl sites for hydroxylation is 1. The zero-order valence-electron chi connectivity index (χ0n) is 12.3. The fourth-order valence-corrected chi connectivity index (χ4v) is 3.18. The van der Waals surface area contributed by atoms with E-state index in [1.54, 1.807) is 6.20 Å². The molecule has 1 fully saturated rings. The van der Waals surface area contributed by atoms with Crippen molar-refractivity contribution in [3.05, 3.63) is 53.5 Å². The fraction of sp³-hybridized carbons (Fsp3) is 0.353. The lowest BCUT2D eigenvalue weighted by Gasteiger charge is -2.22. The highest BCUT2D eigenvalue weighted by Gasteiger charge is 2.31. The first-order valence-electron chi connectivity index (χ1n) is 7.24. The third kappa shape index (κ3) is 2.59. The Hall–Kier alpha value is -2.41. The molecule has 1 aromatic heterocycles. The van der Waals surface area contributed by atoms with Crippen LogP contribution in [0.15, 0.2) is 36.5 Å². The van der Waals surface area contributed by atoms with Crippen molar-refractivity contribution < 1.29 is 0 Å². The molecule has 1 aromatic carbocycles. The molecule has 0 amide bonds. The van der Waals surface area contributed by atoms with Crippen LogP contribution in [0.5, 0.6) is 0 Å². The van der Waals surface area contributed by atoms with Gasteiger partial charge in [0.15, 0.2) is 0 Å². The minimum absolute atomic E-state index is 0.235. The Morgan fingerprint density at radius 1 is 1.29 bits per heavy atom. The lowest BCUT2D eigenvalue weighted by Crippen LogP contribution is -2.27. The Kier molecular flexibility index (Phi) is 3.57. The van der Waals surface area contributed by atoms with Crippen molar-refractivity contribution >= 4 is 5.82 Å². The SMILES string of the molecule is Cc1ccccc1C1CC(C)N(c2ccnc(C#N)n2)C1. The molecule has 2 unspecified atom stereocenters. The van der Waals surface area contributed by atoms with E-state index < -0.39 is 0 Å². The summed E-state index contributed by atoms with van der Waals surface area (Å²) in [4.78, 5) is 10.6. The summed E-state index contributed by atoms with van der Waals surface area (Å²) in [5, 5.41) is 8.94. The molecular formula is C17H18N4. The topological polar surface area (TPSA) is 52.8 Å². The first kappa shape index (κ1) is 13.6. The van der Waals surface area contributed by atoms with Gasteiger partial charge in [-0.2, -0.15) is 5.26 Å². The second-order valence-corrected chi connectivity index (χ2v) is 5.64. The first-order valence-corrected chi connectivity index (χ1v) is 7.24. The summed E-state index contributed by atoms with van der Waals surface area (Å²) in [5.74, 6) is 1.60. The number of benzene rings is 1. The Balaban J connectivity index is 1.87. The Labute approximate surface area is 125 Å². The van der Waals surface area contributed by atoms with Crippen LogP contribution in [0, 0.1) is 18.3 Å². The van der Waals surface area contributed by atoms with Gasteiger partial charge in [0.05, 0.1) is 0 Å². The lowest BCUT2D eigenvalue weighted by molar-refractivity contribution is 0.694. The monoisotopic (exact) mass is 278 g/mol. The van der Waals surface area contributed by atoms with Crippen LogP contribution >= 0.6 is 0 Å². The van der Waals surface area contributed by atoms with E-state index in [4.69, 9.17) is 5.26 Å². The molecule has 106 valence electrons. The first-order chi connectivity index (χ1) is 10.2. The van der Waals surface area contributed by atoms with Gasteiger partial charge in [-0.3, -0.25) is 0 Å². The highest BCUT2D eigenvalue weighted by atomic mass is 15.2. The van der Waals surface area contributed by atoms with Crippen molar-refractivity contribution in [1.82, 2.24) is 9.97 Å². The molecular weight excluding hydrogens is 260 g/mol. The van der Waals surface area contributed by atoms with Gasteiger partial charge in [0.1, 0.15) is 11.9 Å². The predicted octanol–water partition coefficient (Wildman–Crippen LogP) is 3.04. The maximum atomic E-state index is 8.94. The Bertz CT molecular complexity index is 689. The second kappa shape index (κ2) is 5.53. The number of aromatic nitrogens is 2. The second-order valence-electron chi connectivity index (χ2n) is 5.64. The molecule has 4 nitrogen and oxygen atoms in total. The Morgan fingerprint density at radius 3 is 2.86 bits per heavy atom. The van der Waals surface area contributed by atoms with Crippen LogP contribution in [0.3, 0.4) is 0 Å². The number of hydrogen-bond acceptors (Lipinski definition) is 4. The smallest absolute Gasteiger partial charge is 0.234 e. The van der Waals surface area contributed by atoms with Crippen molar-refractivity contribution in [2.24, 2.45) is 0 Å². The molecule has 0 saturated carbocycles. The summed E-state index contributed by atoms with van der Waals surface area (Å²) < 4.78 is 0. The number of hydrogen-bond donors (Lipinski definition) is 0. The van der Waals surface area contributed by atoms with E-state index in [9.17, 15) is 0 Å². The van der Waals surface area contributed by atoms with E-state index in [1.807, 2.05) is 12.1 Å². The van der Waals surface area contributed by atoms with Gasteiger partial charge in [-0.1, -0.05) is 24.3 Å². The predicted molar refractivity (Wildman–Crippen MR) is 82.1 cm³/mol. The summed E-state index contributed by atoms with van der Waals surface area (Å²) in [5.41, 5.74) is 2.76. The van der Waals surface area contributed by atoms with E-state index in [1.165, 1.54) is 11.1 Å². The highest BCUT2D eigenvalue weighted by Crippen LogP contribution is 2.35. The van der Waals surface area contributed by atoms with Crippen LogP contribution in [0.2, 0.25) is 0 Å². The largest absolute Gasteiger partial charge is 0.353 e. The third-order valence-corrected chi connectivity index (χ3v) is 4.24. The number of anilines is 1. The lowest BCUT2D eigenvalue weighted by atomic mass is 9.93. The zero-order chi connectivity index (χ0) is 14.8. The van der Waals surface area contributed by atoms with Crippen LogP contribution in [0.25, 0.3) is 0 Å². The van der Waals surface area contributed by atoms with Crippen LogP contribution in [-0.2, 0) is 0 Å². The molecule has 21 heavy (non-hydrogen) atoms. The average Bonchev–Trinajstić information content (AvgIpc) is 2.89. The molecule has 0 aliphatic carbocycles. The van der Waals surface area contributed by atoms with E-state index in [0.29, 0.717) is 12.0 Å². The molecule has 1 aliphatic heterocycles. The van der Waals surface area contributed by atoms with Gasteiger partial charge >= 0.3 is 0 Å². The minimum Gasteiger partial charge on any atom is -0.353 e. The Morgan fingerprint density at radius 2 is 2.10 bits per heavy atom. The summed E-state index contributed by atoms with van der Waals surface area (Å²) >= 11 is 0. The van der Waals surface area contributed by atoms with E-state index in [2.05, 4.69) is 53.0 Å². The number of nitriles is 1. The molecule has 0 N–H and O–H groups in total. The van der Waals surface area contributed by atoms with Crippen molar-refractivity contribution in [3.8, 4) is 6.07 Å². The van der Waals surface area contributed by atoms with Gasteiger partial charge in [0.2, 0.25) is 5.82 Å². The third-order valence-electron chi connectivity index (χ3n) is 4.24. The summed E-state index contributed by atoms with van der Waals surface area (Å²) in [7, 11) is 0. The van der Waals surface area contributed by atoms with Crippen molar-refractivity contribution in [1.29, 1.82) is 5.26 Å². The maximum absolute atomic E-state index is 8.94. The molecule has 1 saturated heterocycles. The molecule has 2 atom stereocenters. The van der Waals surface area contributed by atoms with Crippen molar-refractivity contribution in [2.45, 2.75) is 32.2 Å². The van der Waals surface area contributed by atoms with Crippen molar-refractivity contribution in [2.75, 3.05) is 11.4 Å². The quantitative estimate of drug-likeness (QED) is 0.847. The van der Waals surface area contributed by atoms with Crippen molar-refractivity contribution in [3.63, 3.8) is 0 Å². The molecule has 2 aromatic rings. The van der Waals surface area contributed by atoms with E-state index in [0.717, 1.165) is 18.8 Å². The van der Waals surface area contributed by atoms with Gasteiger partial charge in [-0.15, -0.1) is 0 Å².